The van der Waals surface area contributed by atoms with E-state index in [9.17, 15) is 13.2 Å². The van der Waals surface area contributed by atoms with Gasteiger partial charge in [-0.1, -0.05) is 20.8 Å². The summed E-state index contributed by atoms with van der Waals surface area (Å²) in [6.07, 6.45) is 1.52. The van der Waals surface area contributed by atoms with Gasteiger partial charge in [-0.3, -0.25) is 9.69 Å². The number of hydrogen-bond acceptors (Lipinski definition) is 5. The predicted octanol–water partition coefficient (Wildman–Crippen LogP) is 2.17. The van der Waals surface area contributed by atoms with Crippen LogP contribution in [0.2, 0.25) is 0 Å². The quantitative estimate of drug-likeness (QED) is 0.781. The van der Waals surface area contributed by atoms with Crippen LogP contribution in [0.25, 0.3) is 0 Å². The van der Waals surface area contributed by atoms with Gasteiger partial charge in [0.25, 0.3) is 0 Å². The Labute approximate surface area is 154 Å². The third-order valence-electron chi connectivity index (χ3n) is 5.10. The van der Waals surface area contributed by atoms with Crippen molar-refractivity contribution in [3.63, 3.8) is 0 Å². The molecule has 2 saturated heterocycles. The SMILES string of the molecule is CCC(=O)N1CCN(Cc2ccc(CC(C)C)s2)[C@H]2CS(=O)(=O)C[C@H]21. The zero-order chi connectivity index (χ0) is 18.2. The molecule has 0 saturated carbocycles. The molecule has 140 valence electrons. The smallest absolute Gasteiger partial charge is 0.222 e. The number of hydrogen-bond donors (Lipinski definition) is 0. The minimum absolute atomic E-state index is 0.0649. The number of fused-ring (bicyclic) bond motifs is 1. The van der Waals surface area contributed by atoms with E-state index >= 15 is 0 Å². The van der Waals surface area contributed by atoms with E-state index in [4.69, 9.17) is 0 Å². The first-order valence-corrected chi connectivity index (χ1v) is 11.7. The normalized spacial score (nSPS) is 26.2. The Hall–Kier alpha value is -0.920. The topological polar surface area (TPSA) is 57.7 Å². The van der Waals surface area contributed by atoms with E-state index in [0.717, 1.165) is 19.5 Å². The van der Waals surface area contributed by atoms with Crippen molar-refractivity contribution >= 4 is 27.1 Å². The van der Waals surface area contributed by atoms with Crippen molar-refractivity contribution in [3.8, 4) is 0 Å². The molecule has 0 aliphatic carbocycles. The molecule has 7 heteroatoms. The monoisotopic (exact) mass is 384 g/mol. The first kappa shape index (κ1) is 18.9. The van der Waals surface area contributed by atoms with Gasteiger partial charge in [0.15, 0.2) is 9.84 Å². The molecule has 2 fully saturated rings. The van der Waals surface area contributed by atoms with Crippen LogP contribution in [-0.2, 0) is 27.6 Å². The first-order valence-electron chi connectivity index (χ1n) is 9.10. The summed E-state index contributed by atoms with van der Waals surface area (Å²) >= 11 is 1.83. The zero-order valence-electron chi connectivity index (χ0n) is 15.3. The molecule has 0 N–H and O–H groups in total. The predicted molar refractivity (Wildman–Crippen MR) is 102 cm³/mol. The second kappa shape index (κ2) is 7.37. The molecule has 25 heavy (non-hydrogen) atoms. The fourth-order valence-corrected chi connectivity index (χ4v) is 7.22. The average molecular weight is 385 g/mol. The van der Waals surface area contributed by atoms with Crippen LogP contribution in [0.4, 0.5) is 0 Å². The molecule has 3 heterocycles. The summed E-state index contributed by atoms with van der Waals surface area (Å²) in [7, 11) is -3.07. The van der Waals surface area contributed by atoms with E-state index in [-0.39, 0.29) is 29.5 Å². The molecule has 0 unspecified atom stereocenters. The molecule has 2 aliphatic heterocycles. The average Bonchev–Trinajstić information content (AvgIpc) is 3.09. The van der Waals surface area contributed by atoms with Crippen LogP contribution in [0, 0.1) is 5.92 Å². The summed E-state index contributed by atoms with van der Waals surface area (Å²) in [6.45, 7) is 8.45. The van der Waals surface area contributed by atoms with E-state index in [1.165, 1.54) is 9.75 Å². The maximum atomic E-state index is 12.2. The molecule has 1 amide bonds. The van der Waals surface area contributed by atoms with Gasteiger partial charge in [-0.15, -0.1) is 11.3 Å². The van der Waals surface area contributed by atoms with Gasteiger partial charge in [0, 0.05) is 41.9 Å². The van der Waals surface area contributed by atoms with Crippen LogP contribution in [0.3, 0.4) is 0 Å². The lowest BCUT2D eigenvalue weighted by Gasteiger charge is -2.43. The Morgan fingerprint density at radius 3 is 2.56 bits per heavy atom. The Morgan fingerprint density at radius 1 is 1.20 bits per heavy atom. The van der Waals surface area contributed by atoms with E-state index in [0.29, 0.717) is 18.9 Å². The third kappa shape index (κ3) is 4.26. The van der Waals surface area contributed by atoms with Crippen molar-refractivity contribution in [2.75, 3.05) is 24.6 Å². The second-order valence-corrected chi connectivity index (χ2v) is 11.0. The minimum Gasteiger partial charge on any atom is -0.336 e. The first-order chi connectivity index (χ1) is 11.8. The number of rotatable bonds is 5. The van der Waals surface area contributed by atoms with Gasteiger partial charge >= 0.3 is 0 Å². The van der Waals surface area contributed by atoms with Gasteiger partial charge in [0.2, 0.25) is 5.91 Å². The fraction of sp³-hybridized carbons (Fsp3) is 0.722. The lowest BCUT2D eigenvalue weighted by atomic mass is 10.0. The van der Waals surface area contributed by atoms with Crippen molar-refractivity contribution in [1.82, 2.24) is 9.80 Å². The van der Waals surface area contributed by atoms with Crippen LogP contribution in [0.15, 0.2) is 12.1 Å². The lowest BCUT2D eigenvalue weighted by molar-refractivity contribution is -0.136. The number of nitrogens with zero attached hydrogens (tertiary/aromatic N) is 2. The number of carbonyl (C=O) groups is 1. The fourth-order valence-electron chi connectivity index (χ4n) is 3.95. The maximum absolute atomic E-state index is 12.2. The summed E-state index contributed by atoms with van der Waals surface area (Å²) in [5, 5.41) is 0. The summed E-state index contributed by atoms with van der Waals surface area (Å²) in [6, 6.07) is 4.12. The summed E-state index contributed by atoms with van der Waals surface area (Å²) < 4.78 is 24.4. The minimum atomic E-state index is -3.07. The van der Waals surface area contributed by atoms with Crippen molar-refractivity contribution in [1.29, 1.82) is 0 Å². The van der Waals surface area contributed by atoms with Crippen LogP contribution in [-0.4, -0.2) is 60.8 Å². The maximum Gasteiger partial charge on any atom is 0.222 e. The van der Waals surface area contributed by atoms with E-state index in [1.807, 2.05) is 23.2 Å². The summed E-state index contributed by atoms with van der Waals surface area (Å²) in [4.78, 5) is 19.0. The van der Waals surface area contributed by atoms with Crippen LogP contribution in [0.5, 0.6) is 0 Å². The number of piperazine rings is 1. The van der Waals surface area contributed by atoms with Crippen LogP contribution >= 0.6 is 11.3 Å². The number of thiophene rings is 1. The largest absolute Gasteiger partial charge is 0.336 e. The summed E-state index contributed by atoms with van der Waals surface area (Å²) in [5.74, 6) is 1.000. The molecule has 1 aromatic heterocycles. The molecule has 5 nitrogen and oxygen atoms in total. The Balaban J connectivity index is 1.74. The molecule has 0 radical (unpaired) electrons. The lowest BCUT2D eigenvalue weighted by Crippen LogP contribution is -2.60. The van der Waals surface area contributed by atoms with Crippen molar-refractivity contribution in [3.05, 3.63) is 21.9 Å². The molecule has 0 bridgehead atoms. The van der Waals surface area contributed by atoms with Crippen molar-refractivity contribution < 1.29 is 13.2 Å². The molecule has 0 aromatic carbocycles. The molecular weight excluding hydrogens is 356 g/mol. The van der Waals surface area contributed by atoms with Gasteiger partial charge in [-0.2, -0.15) is 0 Å². The van der Waals surface area contributed by atoms with Gasteiger partial charge in [0.05, 0.1) is 17.5 Å². The number of amides is 1. The highest BCUT2D eigenvalue weighted by Crippen LogP contribution is 2.30. The van der Waals surface area contributed by atoms with Crippen molar-refractivity contribution in [2.45, 2.75) is 52.2 Å². The molecule has 2 atom stereocenters. The second-order valence-electron chi connectivity index (χ2n) is 7.59. The summed E-state index contributed by atoms with van der Waals surface area (Å²) in [5.41, 5.74) is 0. The van der Waals surface area contributed by atoms with E-state index in [2.05, 4.69) is 30.9 Å². The van der Waals surface area contributed by atoms with Gasteiger partial charge in [0.1, 0.15) is 0 Å². The van der Waals surface area contributed by atoms with Crippen LogP contribution in [0.1, 0.15) is 36.9 Å². The van der Waals surface area contributed by atoms with Gasteiger partial charge in [-0.25, -0.2) is 8.42 Å². The Bertz CT molecular complexity index is 726. The zero-order valence-corrected chi connectivity index (χ0v) is 16.9. The Morgan fingerprint density at radius 2 is 1.88 bits per heavy atom. The molecule has 1 aromatic rings. The van der Waals surface area contributed by atoms with E-state index in [1.54, 1.807) is 0 Å². The standard InChI is InChI=1S/C18H28N2O3S2/c1-4-18(21)20-8-7-19(16-11-25(22,23)12-17(16)20)10-15-6-5-14(24-15)9-13(2)3/h5-6,13,16-17H,4,7-12H2,1-3H3/t16-,17+/m0/s1. The molecular formula is C18H28N2O3S2. The number of carbonyl (C=O) groups excluding carboxylic acids is 1. The molecule has 3 rings (SSSR count). The van der Waals surface area contributed by atoms with Gasteiger partial charge in [-0.05, 0) is 24.5 Å². The van der Waals surface area contributed by atoms with E-state index < -0.39 is 9.84 Å². The molecule has 2 aliphatic rings. The van der Waals surface area contributed by atoms with Crippen molar-refractivity contribution in [2.24, 2.45) is 5.92 Å². The highest BCUT2D eigenvalue weighted by atomic mass is 32.2. The highest BCUT2D eigenvalue weighted by molar-refractivity contribution is 7.91. The van der Waals surface area contributed by atoms with Gasteiger partial charge < -0.3 is 4.90 Å². The Kier molecular flexibility index (Phi) is 5.56. The highest BCUT2D eigenvalue weighted by Gasteiger charge is 2.47. The molecule has 0 spiro atoms. The number of sulfone groups is 1. The third-order valence-corrected chi connectivity index (χ3v) is 7.89. The van der Waals surface area contributed by atoms with Crippen LogP contribution < -0.4 is 0 Å².